The first kappa shape index (κ1) is 16.2. The molecule has 0 saturated carbocycles. The minimum absolute atomic E-state index is 0.585. The van der Waals surface area contributed by atoms with E-state index in [9.17, 15) is 4.55 Å². The normalized spacial score (nSPS) is 13.6. The summed E-state index contributed by atoms with van der Waals surface area (Å²) < 4.78 is 11.2. The van der Waals surface area contributed by atoms with E-state index in [2.05, 4.69) is 25.7 Å². The van der Waals surface area contributed by atoms with Crippen LogP contribution in [0.3, 0.4) is 0 Å². The molecule has 0 N–H and O–H groups in total. The zero-order valence-corrected chi connectivity index (χ0v) is 12.2. The number of allylic oxidation sites excluding steroid dienone is 1. The maximum absolute atomic E-state index is 11.2. The molecule has 1 nitrogen and oxygen atoms in total. The zero-order chi connectivity index (χ0) is 12.1. The molecule has 92 valence electrons. The highest BCUT2D eigenvalue weighted by Crippen LogP contribution is 2.22. The van der Waals surface area contributed by atoms with Crippen LogP contribution in [0, 0.1) is 0 Å². The van der Waals surface area contributed by atoms with Crippen LogP contribution in [-0.4, -0.2) is 21.8 Å². The molecule has 0 amide bonds. The van der Waals surface area contributed by atoms with Crippen LogP contribution in [0.2, 0.25) is 0 Å². The quantitative estimate of drug-likeness (QED) is 0.259. The Labute approximate surface area is 110 Å². The Morgan fingerprint density at radius 3 is 2.75 bits per heavy atom. The smallest absolute Gasteiger partial charge is 0.124 e. The second-order valence-electron chi connectivity index (χ2n) is 3.07. The lowest BCUT2D eigenvalue weighted by molar-refractivity contribution is 0.601. The highest BCUT2D eigenvalue weighted by molar-refractivity contribution is 8.77. The molecule has 0 bridgehead atoms. The molecule has 0 aliphatic rings. The zero-order valence-electron chi connectivity index (χ0n) is 9.76. The van der Waals surface area contributed by atoms with E-state index >= 15 is 0 Å². The van der Waals surface area contributed by atoms with Gasteiger partial charge in [-0.2, -0.15) is 0 Å². The van der Waals surface area contributed by atoms with Crippen molar-refractivity contribution in [2.24, 2.45) is 0 Å². The van der Waals surface area contributed by atoms with Gasteiger partial charge in [-0.25, -0.2) is 0 Å². The predicted octanol–water partition coefficient (Wildman–Crippen LogP) is 4.17. The summed E-state index contributed by atoms with van der Waals surface area (Å²) >= 11 is -0.773. The predicted molar refractivity (Wildman–Crippen MR) is 81.3 cm³/mol. The Bertz CT molecular complexity index is 214. The van der Waals surface area contributed by atoms with Crippen LogP contribution >= 0.6 is 21.6 Å². The summed E-state index contributed by atoms with van der Waals surface area (Å²) in [7, 11) is 3.49. The van der Waals surface area contributed by atoms with Crippen molar-refractivity contribution >= 4 is 32.8 Å². The Morgan fingerprint density at radius 1 is 1.25 bits per heavy atom. The maximum atomic E-state index is 11.2. The minimum Gasteiger partial charge on any atom is -0.616 e. The molecule has 0 aliphatic carbocycles. The van der Waals surface area contributed by atoms with Crippen LogP contribution in [-0.2, 0) is 11.2 Å². The lowest BCUT2D eigenvalue weighted by Gasteiger charge is -2.04. The summed E-state index contributed by atoms with van der Waals surface area (Å²) in [5, 5.41) is 2.01. The van der Waals surface area contributed by atoms with E-state index in [4.69, 9.17) is 0 Å². The highest BCUT2D eigenvalue weighted by atomic mass is 33.1. The van der Waals surface area contributed by atoms with Crippen LogP contribution in [0.1, 0.15) is 19.8 Å². The molecule has 0 aromatic heterocycles. The molecule has 0 aliphatic heterocycles. The standard InChI is InChI=1S/C12H20OS3/c1-3-5-6-7-9-14-15-10-8-12-16(13)11-4-2/h4,6-8,10H,2-3,5,9,11-12H2,1H3/b7-6+,10-8+. The van der Waals surface area contributed by atoms with Crippen LogP contribution < -0.4 is 0 Å². The third-order valence-electron chi connectivity index (χ3n) is 1.59. The summed E-state index contributed by atoms with van der Waals surface area (Å²) in [6, 6.07) is 0. The van der Waals surface area contributed by atoms with Crippen molar-refractivity contribution in [2.45, 2.75) is 19.8 Å². The van der Waals surface area contributed by atoms with E-state index in [0.717, 1.165) is 5.75 Å². The van der Waals surface area contributed by atoms with Gasteiger partial charge in [0.15, 0.2) is 0 Å². The van der Waals surface area contributed by atoms with Crippen molar-refractivity contribution in [3.8, 4) is 0 Å². The first-order chi connectivity index (χ1) is 7.81. The minimum atomic E-state index is -0.773. The van der Waals surface area contributed by atoms with Gasteiger partial charge in [-0.3, -0.25) is 0 Å². The largest absolute Gasteiger partial charge is 0.616 e. The third-order valence-corrected chi connectivity index (χ3v) is 4.68. The summed E-state index contributed by atoms with van der Waals surface area (Å²) in [5.41, 5.74) is 0. The molecule has 1 unspecified atom stereocenters. The third kappa shape index (κ3) is 12.3. The SMILES string of the molecule is C=CC[S+]([O-])C/C=C/SSC/C=C/CCC. The fraction of sp³-hybridized carbons (Fsp3) is 0.500. The average molecular weight is 276 g/mol. The van der Waals surface area contributed by atoms with Gasteiger partial charge < -0.3 is 4.55 Å². The van der Waals surface area contributed by atoms with Crippen LogP contribution in [0.25, 0.3) is 0 Å². The lowest BCUT2D eigenvalue weighted by atomic mass is 10.3. The Hall–Kier alpha value is 0.230. The van der Waals surface area contributed by atoms with Crippen molar-refractivity contribution in [3.63, 3.8) is 0 Å². The van der Waals surface area contributed by atoms with Crippen LogP contribution in [0.5, 0.6) is 0 Å². The molecular weight excluding hydrogens is 256 g/mol. The summed E-state index contributed by atoms with van der Waals surface area (Å²) in [6.45, 7) is 5.74. The van der Waals surface area contributed by atoms with Gasteiger partial charge in [0.25, 0.3) is 0 Å². The topological polar surface area (TPSA) is 23.1 Å². The van der Waals surface area contributed by atoms with Crippen LogP contribution in [0.4, 0.5) is 0 Å². The van der Waals surface area contributed by atoms with Gasteiger partial charge in [0.2, 0.25) is 0 Å². The summed E-state index contributed by atoms with van der Waals surface area (Å²) in [6.07, 6.45) is 10.5. The van der Waals surface area contributed by atoms with Gasteiger partial charge >= 0.3 is 0 Å². The maximum Gasteiger partial charge on any atom is 0.124 e. The van der Waals surface area contributed by atoms with E-state index in [1.807, 2.05) is 11.5 Å². The Morgan fingerprint density at radius 2 is 2.06 bits per heavy atom. The van der Waals surface area contributed by atoms with E-state index in [1.165, 1.54) is 12.8 Å². The van der Waals surface area contributed by atoms with E-state index in [1.54, 1.807) is 27.7 Å². The highest BCUT2D eigenvalue weighted by Gasteiger charge is 1.97. The molecular formula is C12H20OS3. The summed E-state index contributed by atoms with van der Waals surface area (Å²) in [5.74, 6) is 2.25. The van der Waals surface area contributed by atoms with Crippen molar-refractivity contribution in [2.75, 3.05) is 17.3 Å². The molecule has 0 saturated heterocycles. The van der Waals surface area contributed by atoms with Crippen molar-refractivity contribution in [3.05, 3.63) is 36.3 Å². The van der Waals surface area contributed by atoms with Gasteiger partial charge in [-0.05, 0) is 35.2 Å². The molecule has 0 spiro atoms. The molecule has 0 fully saturated rings. The first-order valence-corrected chi connectivity index (χ1v) is 9.22. The average Bonchev–Trinajstić information content (AvgIpc) is 2.27. The van der Waals surface area contributed by atoms with Gasteiger partial charge in [-0.15, -0.1) is 0 Å². The van der Waals surface area contributed by atoms with Crippen LogP contribution in [0.15, 0.2) is 36.3 Å². The fourth-order valence-electron chi connectivity index (χ4n) is 0.856. The van der Waals surface area contributed by atoms with Crippen molar-refractivity contribution < 1.29 is 4.55 Å². The molecule has 0 aromatic rings. The van der Waals surface area contributed by atoms with E-state index < -0.39 is 11.2 Å². The molecule has 1 atom stereocenters. The number of hydrogen-bond acceptors (Lipinski definition) is 3. The Balaban J connectivity index is 3.30. The van der Waals surface area contributed by atoms with Crippen molar-refractivity contribution in [1.82, 2.24) is 0 Å². The second-order valence-corrected chi connectivity index (χ2v) is 6.94. The Kier molecular flexibility index (Phi) is 13.5. The molecule has 0 rings (SSSR count). The molecule has 16 heavy (non-hydrogen) atoms. The molecule has 4 heteroatoms. The van der Waals surface area contributed by atoms with Gasteiger partial charge in [0.1, 0.15) is 11.5 Å². The van der Waals surface area contributed by atoms with Gasteiger partial charge in [-0.1, -0.05) is 53.7 Å². The van der Waals surface area contributed by atoms with Gasteiger partial charge in [0.05, 0.1) is 0 Å². The first-order valence-electron chi connectivity index (χ1n) is 5.35. The summed E-state index contributed by atoms with van der Waals surface area (Å²) in [4.78, 5) is 0. The number of unbranched alkanes of at least 4 members (excludes halogenated alkanes) is 1. The second kappa shape index (κ2) is 13.3. The molecule has 0 heterocycles. The number of hydrogen-bond donors (Lipinski definition) is 0. The van der Waals surface area contributed by atoms with E-state index in [0.29, 0.717) is 11.5 Å². The monoisotopic (exact) mass is 276 g/mol. The van der Waals surface area contributed by atoms with Gasteiger partial charge in [0, 0.05) is 5.75 Å². The fourth-order valence-corrected chi connectivity index (χ4v) is 3.18. The van der Waals surface area contributed by atoms with E-state index in [-0.39, 0.29) is 0 Å². The molecule has 0 aromatic carbocycles. The lowest BCUT2D eigenvalue weighted by Crippen LogP contribution is -2.06. The van der Waals surface area contributed by atoms with Crippen molar-refractivity contribution in [1.29, 1.82) is 0 Å². The number of rotatable bonds is 10. The molecule has 0 radical (unpaired) electrons.